The van der Waals surface area contributed by atoms with Crippen molar-refractivity contribution in [1.29, 1.82) is 0 Å². The number of aromatic nitrogens is 1. The maximum absolute atomic E-state index is 12.0. The molecule has 138 valence electrons. The van der Waals surface area contributed by atoms with Crippen LogP contribution in [0.2, 0.25) is 5.02 Å². The maximum atomic E-state index is 12.0. The third-order valence-corrected chi connectivity index (χ3v) is 3.93. The summed E-state index contributed by atoms with van der Waals surface area (Å²) in [7, 11) is 0. The van der Waals surface area contributed by atoms with E-state index in [0.717, 1.165) is 13.1 Å². The molecule has 1 aromatic rings. The summed E-state index contributed by atoms with van der Waals surface area (Å²) in [5.74, 6) is -0.241. The van der Waals surface area contributed by atoms with Crippen molar-refractivity contribution >= 4 is 23.6 Å². The van der Waals surface area contributed by atoms with Crippen molar-refractivity contribution in [2.24, 2.45) is 0 Å². The van der Waals surface area contributed by atoms with Gasteiger partial charge < -0.3 is 15.0 Å². The molecule has 0 saturated carbocycles. The van der Waals surface area contributed by atoms with Crippen LogP contribution in [0.3, 0.4) is 0 Å². The van der Waals surface area contributed by atoms with E-state index in [1.807, 2.05) is 20.8 Å². The fraction of sp³-hybridized carbons (Fsp3) is 0.588. The van der Waals surface area contributed by atoms with E-state index in [2.05, 4.69) is 15.2 Å². The molecule has 1 fully saturated rings. The van der Waals surface area contributed by atoms with Gasteiger partial charge >= 0.3 is 6.09 Å². The highest BCUT2D eigenvalue weighted by Gasteiger charge is 2.25. The Labute approximate surface area is 153 Å². The fourth-order valence-electron chi connectivity index (χ4n) is 2.43. The molecule has 1 aliphatic heterocycles. The van der Waals surface area contributed by atoms with Gasteiger partial charge in [-0.1, -0.05) is 11.6 Å². The van der Waals surface area contributed by atoms with Crippen LogP contribution in [0.1, 0.15) is 31.3 Å². The van der Waals surface area contributed by atoms with Crippen molar-refractivity contribution in [3.63, 3.8) is 0 Å². The van der Waals surface area contributed by atoms with E-state index in [1.165, 1.54) is 12.3 Å². The number of pyridine rings is 1. The van der Waals surface area contributed by atoms with Crippen molar-refractivity contribution in [3.05, 3.63) is 29.0 Å². The standard InChI is InChI=1S/C17H25ClN4O3/c1-17(2,3)25-16(24)22-10-8-21(9-11-22)7-6-20-15(23)14-12-13(18)4-5-19-14/h4-5,12H,6-11H2,1-3H3,(H,20,23). The van der Waals surface area contributed by atoms with Gasteiger partial charge in [-0.3, -0.25) is 14.7 Å². The third-order valence-electron chi connectivity index (χ3n) is 3.69. The van der Waals surface area contributed by atoms with Gasteiger partial charge in [0.05, 0.1) is 0 Å². The van der Waals surface area contributed by atoms with Crippen LogP contribution < -0.4 is 5.32 Å². The second-order valence-electron chi connectivity index (χ2n) is 6.92. The van der Waals surface area contributed by atoms with Crippen molar-refractivity contribution < 1.29 is 14.3 Å². The van der Waals surface area contributed by atoms with Gasteiger partial charge in [-0.15, -0.1) is 0 Å². The molecule has 0 spiro atoms. The van der Waals surface area contributed by atoms with Gasteiger partial charge in [-0.2, -0.15) is 0 Å². The molecule has 1 aromatic heterocycles. The SMILES string of the molecule is CC(C)(C)OC(=O)N1CCN(CCNC(=O)c2cc(Cl)ccn2)CC1. The largest absolute Gasteiger partial charge is 0.444 e. The second kappa shape index (κ2) is 8.49. The number of hydrogen-bond acceptors (Lipinski definition) is 5. The minimum absolute atomic E-state index is 0.241. The Balaban J connectivity index is 1.69. The Morgan fingerprint density at radius 1 is 1.28 bits per heavy atom. The number of piperazine rings is 1. The van der Waals surface area contributed by atoms with E-state index >= 15 is 0 Å². The van der Waals surface area contributed by atoms with E-state index < -0.39 is 5.60 Å². The molecule has 0 aliphatic carbocycles. The summed E-state index contributed by atoms with van der Waals surface area (Å²) in [5.41, 5.74) is -0.172. The minimum atomic E-state index is -0.479. The number of carbonyl (C=O) groups is 2. The quantitative estimate of drug-likeness (QED) is 0.880. The van der Waals surface area contributed by atoms with Gasteiger partial charge in [0, 0.05) is 50.5 Å². The van der Waals surface area contributed by atoms with Crippen LogP contribution >= 0.6 is 11.6 Å². The number of amides is 2. The van der Waals surface area contributed by atoms with E-state index in [0.29, 0.717) is 36.9 Å². The first-order valence-corrected chi connectivity index (χ1v) is 8.72. The maximum Gasteiger partial charge on any atom is 0.410 e. The number of rotatable bonds is 4. The molecule has 2 amide bonds. The molecule has 0 bridgehead atoms. The average molecular weight is 369 g/mol. The summed E-state index contributed by atoms with van der Waals surface area (Å²) in [5, 5.41) is 3.32. The van der Waals surface area contributed by atoms with Crippen LogP contribution in [0.4, 0.5) is 4.79 Å². The molecule has 1 aliphatic rings. The number of nitrogens with one attached hydrogen (secondary N) is 1. The summed E-state index contributed by atoms with van der Waals surface area (Å²) >= 11 is 5.85. The normalized spacial score (nSPS) is 15.8. The first-order chi connectivity index (χ1) is 11.7. The van der Waals surface area contributed by atoms with Crippen LogP contribution in [0, 0.1) is 0 Å². The molecule has 0 atom stereocenters. The monoisotopic (exact) mass is 368 g/mol. The minimum Gasteiger partial charge on any atom is -0.444 e. The van der Waals surface area contributed by atoms with Crippen molar-refractivity contribution in [1.82, 2.24) is 20.1 Å². The van der Waals surface area contributed by atoms with Crippen LogP contribution in [0.25, 0.3) is 0 Å². The highest BCUT2D eigenvalue weighted by molar-refractivity contribution is 6.30. The highest BCUT2D eigenvalue weighted by atomic mass is 35.5. The molecular weight excluding hydrogens is 344 g/mol. The van der Waals surface area contributed by atoms with Crippen molar-refractivity contribution in [2.75, 3.05) is 39.3 Å². The summed E-state index contributed by atoms with van der Waals surface area (Å²) in [6.07, 6.45) is 1.24. The second-order valence-corrected chi connectivity index (χ2v) is 7.36. The number of halogens is 1. The lowest BCUT2D eigenvalue weighted by atomic mass is 10.2. The lowest BCUT2D eigenvalue weighted by molar-refractivity contribution is 0.0147. The van der Waals surface area contributed by atoms with E-state index in [4.69, 9.17) is 16.3 Å². The number of ether oxygens (including phenoxy) is 1. The molecule has 8 heteroatoms. The molecule has 1 saturated heterocycles. The lowest BCUT2D eigenvalue weighted by Gasteiger charge is -2.35. The molecule has 2 rings (SSSR count). The predicted octanol–water partition coefficient (Wildman–Crippen LogP) is 2.02. The number of nitrogens with zero attached hydrogens (tertiary/aromatic N) is 3. The van der Waals surface area contributed by atoms with E-state index in [1.54, 1.807) is 11.0 Å². The fourth-order valence-corrected chi connectivity index (χ4v) is 2.59. The highest BCUT2D eigenvalue weighted by Crippen LogP contribution is 2.12. The zero-order chi connectivity index (χ0) is 18.4. The summed E-state index contributed by atoms with van der Waals surface area (Å²) < 4.78 is 5.38. The molecule has 7 nitrogen and oxygen atoms in total. The first kappa shape index (κ1) is 19.5. The molecule has 0 radical (unpaired) electrons. The predicted molar refractivity (Wildman–Crippen MR) is 95.8 cm³/mol. The average Bonchev–Trinajstić information content (AvgIpc) is 2.53. The smallest absolute Gasteiger partial charge is 0.410 e. The summed E-state index contributed by atoms with van der Waals surface area (Å²) in [4.78, 5) is 31.9. The van der Waals surface area contributed by atoms with Gasteiger partial charge in [0.25, 0.3) is 5.91 Å². The van der Waals surface area contributed by atoms with Crippen LogP contribution in [-0.4, -0.2) is 71.7 Å². The first-order valence-electron chi connectivity index (χ1n) is 8.34. The van der Waals surface area contributed by atoms with Gasteiger partial charge in [0.2, 0.25) is 0 Å². The Bertz CT molecular complexity index is 610. The topological polar surface area (TPSA) is 74.8 Å². The van der Waals surface area contributed by atoms with E-state index in [9.17, 15) is 9.59 Å². The molecule has 1 N–H and O–H groups in total. The Morgan fingerprint density at radius 2 is 1.96 bits per heavy atom. The molecule has 25 heavy (non-hydrogen) atoms. The number of carbonyl (C=O) groups excluding carboxylic acids is 2. The number of hydrogen-bond donors (Lipinski definition) is 1. The summed E-state index contributed by atoms with van der Waals surface area (Å²) in [6.45, 7) is 9.57. The van der Waals surface area contributed by atoms with Gasteiger partial charge in [0.15, 0.2) is 0 Å². The Hall–Kier alpha value is -1.86. The van der Waals surface area contributed by atoms with E-state index in [-0.39, 0.29) is 12.0 Å². The van der Waals surface area contributed by atoms with Crippen LogP contribution in [0.5, 0.6) is 0 Å². The Morgan fingerprint density at radius 3 is 2.56 bits per heavy atom. The molecular formula is C17H25ClN4O3. The van der Waals surface area contributed by atoms with Crippen molar-refractivity contribution in [2.45, 2.75) is 26.4 Å². The van der Waals surface area contributed by atoms with Crippen LogP contribution in [-0.2, 0) is 4.74 Å². The van der Waals surface area contributed by atoms with Gasteiger partial charge in [-0.25, -0.2) is 4.79 Å². The molecule has 0 unspecified atom stereocenters. The van der Waals surface area contributed by atoms with Gasteiger partial charge in [0.1, 0.15) is 11.3 Å². The summed E-state index contributed by atoms with van der Waals surface area (Å²) in [6, 6.07) is 3.17. The Kier molecular flexibility index (Phi) is 6.61. The zero-order valence-corrected chi connectivity index (χ0v) is 15.7. The van der Waals surface area contributed by atoms with Gasteiger partial charge in [-0.05, 0) is 32.9 Å². The molecule has 2 heterocycles. The lowest BCUT2D eigenvalue weighted by Crippen LogP contribution is -2.51. The molecule has 0 aromatic carbocycles. The van der Waals surface area contributed by atoms with Crippen molar-refractivity contribution in [3.8, 4) is 0 Å². The zero-order valence-electron chi connectivity index (χ0n) is 14.9. The third kappa shape index (κ3) is 6.51. The van der Waals surface area contributed by atoms with Crippen LogP contribution in [0.15, 0.2) is 18.3 Å².